The number of primary amides is 1. The van der Waals surface area contributed by atoms with E-state index in [1.54, 1.807) is 6.20 Å². The van der Waals surface area contributed by atoms with Gasteiger partial charge in [0, 0.05) is 24.2 Å². The molecule has 0 spiro atoms. The Hall–Kier alpha value is -2.37. The molecule has 1 aromatic heterocycles. The molecule has 4 atom stereocenters. The summed E-state index contributed by atoms with van der Waals surface area (Å²) >= 11 is 0. The number of nitrogens with two attached hydrogens (primary N) is 1. The third kappa shape index (κ3) is 2.60. The third-order valence-corrected chi connectivity index (χ3v) is 5.85. The Morgan fingerprint density at radius 1 is 1.36 bits per heavy atom. The number of amides is 1. The lowest BCUT2D eigenvalue weighted by molar-refractivity contribution is -0.150. The van der Waals surface area contributed by atoms with Crippen LogP contribution in [-0.2, 0) is 16.0 Å². The molecule has 1 aromatic rings. The van der Waals surface area contributed by atoms with Crippen LogP contribution >= 0.6 is 0 Å². The lowest BCUT2D eigenvalue weighted by Crippen LogP contribution is -2.41. The fraction of sp³-hybridized carbons (Fsp3) is 0.526. The summed E-state index contributed by atoms with van der Waals surface area (Å²) in [5.41, 5.74) is 8.52. The zero-order valence-corrected chi connectivity index (χ0v) is 14.3. The molecule has 6 heteroatoms. The Kier molecular flexibility index (Phi) is 3.98. The number of aromatic nitrogens is 1. The van der Waals surface area contributed by atoms with Crippen molar-refractivity contribution in [2.75, 3.05) is 11.9 Å². The highest BCUT2D eigenvalue weighted by Gasteiger charge is 2.52. The molecule has 0 radical (unpaired) electrons. The largest absolute Gasteiger partial charge is 0.466 e. The molecule has 25 heavy (non-hydrogen) atoms. The number of fused-ring (bicyclic) bond motifs is 3. The highest BCUT2D eigenvalue weighted by atomic mass is 16.5. The number of anilines is 1. The summed E-state index contributed by atoms with van der Waals surface area (Å²) in [6.45, 7) is 2.22. The molecule has 132 valence electrons. The van der Waals surface area contributed by atoms with Gasteiger partial charge in [-0.3, -0.25) is 14.6 Å². The van der Waals surface area contributed by atoms with E-state index in [2.05, 4.69) is 10.3 Å². The molecular weight excluding hydrogens is 318 g/mol. The first-order valence-electron chi connectivity index (χ1n) is 9.01. The Balaban J connectivity index is 1.69. The van der Waals surface area contributed by atoms with Crippen LogP contribution in [0, 0.1) is 17.8 Å². The van der Waals surface area contributed by atoms with Crippen molar-refractivity contribution in [1.82, 2.24) is 4.98 Å². The van der Waals surface area contributed by atoms with E-state index in [9.17, 15) is 9.59 Å². The van der Waals surface area contributed by atoms with Crippen molar-refractivity contribution in [3.63, 3.8) is 0 Å². The van der Waals surface area contributed by atoms with E-state index < -0.39 is 5.91 Å². The average molecular weight is 341 g/mol. The molecule has 6 nitrogen and oxygen atoms in total. The monoisotopic (exact) mass is 341 g/mol. The normalized spacial score (nSPS) is 28.8. The lowest BCUT2D eigenvalue weighted by Gasteiger charge is -2.32. The predicted molar refractivity (Wildman–Crippen MR) is 93.9 cm³/mol. The number of hydrogen-bond acceptors (Lipinski definition) is 5. The van der Waals surface area contributed by atoms with E-state index >= 15 is 0 Å². The van der Waals surface area contributed by atoms with Crippen LogP contribution in [0.25, 0.3) is 6.08 Å². The third-order valence-electron chi connectivity index (χ3n) is 5.85. The van der Waals surface area contributed by atoms with Crippen molar-refractivity contribution in [2.45, 2.75) is 38.6 Å². The number of hydrogen-bond donors (Lipinski definition) is 2. The summed E-state index contributed by atoms with van der Waals surface area (Å²) in [6, 6.07) is -0.0172. The maximum atomic E-state index is 12.5. The zero-order valence-electron chi connectivity index (χ0n) is 14.3. The molecule has 3 aliphatic rings. The highest BCUT2D eigenvalue weighted by Crippen LogP contribution is 2.50. The Morgan fingerprint density at radius 2 is 2.16 bits per heavy atom. The van der Waals surface area contributed by atoms with Gasteiger partial charge in [0.1, 0.15) is 0 Å². The fourth-order valence-electron chi connectivity index (χ4n) is 4.78. The SMILES string of the molecule is CCOC(=O)[C@H]1[C@H]2CC[C@H](C2)[C@H]1Nc1c(C(N)=O)cnc2c1C=CC2. The van der Waals surface area contributed by atoms with Crippen molar-refractivity contribution in [1.29, 1.82) is 0 Å². The number of carbonyl (C=O) groups excluding carboxylic acids is 2. The van der Waals surface area contributed by atoms with E-state index in [0.717, 1.165) is 42.6 Å². The van der Waals surface area contributed by atoms with Crippen molar-refractivity contribution in [3.8, 4) is 0 Å². The van der Waals surface area contributed by atoms with Gasteiger partial charge >= 0.3 is 5.97 Å². The van der Waals surface area contributed by atoms with Gasteiger partial charge < -0.3 is 15.8 Å². The minimum absolute atomic E-state index is 0.0172. The number of carbonyl (C=O) groups is 2. The molecule has 2 fully saturated rings. The molecular formula is C19H23N3O3. The van der Waals surface area contributed by atoms with Crippen LogP contribution in [0.4, 0.5) is 5.69 Å². The first kappa shape index (κ1) is 16.1. The van der Waals surface area contributed by atoms with Gasteiger partial charge in [-0.25, -0.2) is 0 Å². The first-order valence-corrected chi connectivity index (χ1v) is 9.01. The summed E-state index contributed by atoms with van der Waals surface area (Å²) in [6.07, 6.45) is 9.51. The molecule has 2 bridgehead atoms. The number of rotatable bonds is 5. The molecule has 0 aromatic carbocycles. The smallest absolute Gasteiger partial charge is 0.311 e. The summed E-state index contributed by atoms with van der Waals surface area (Å²) in [4.78, 5) is 28.8. The average Bonchev–Trinajstić information content (AvgIpc) is 3.30. The van der Waals surface area contributed by atoms with E-state index in [1.807, 2.05) is 19.1 Å². The molecule has 0 saturated heterocycles. The minimum Gasteiger partial charge on any atom is -0.466 e. The second kappa shape index (κ2) is 6.17. The van der Waals surface area contributed by atoms with Crippen molar-refractivity contribution < 1.29 is 14.3 Å². The number of esters is 1. The Bertz CT molecular complexity index is 759. The van der Waals surface area contributed by atoms with Crippen molar-refractivity contribution in [3.05, 3.63) is 29.1 Å². The molecule has 3 aliphatic carbocycles. The second-order valence-corrected chi connectivity index (χ2v) is 7.16. The predicted octanol–water partition coefficient (Wildman–Crippen LogP) is 2.14. The van der Waals surface area contributed by atoms with Gasteiger partial charge in [0.25, 0.3) is 5.91 Å². The topological polar surface area (TPSA) is 94.3 Å². The molecule has 0 aliphatic heterocycles. The quantitative estimate of drug-likeness (QED) is 0.800. The van der Waals surface area contributed by atoms with Crippen LogP contribution in [0.2, 0.25) is 0 Å². The maximum Gasteiger partial charge on any atom is 0.311 e. The number of pyridine rings is 1. The fourth-order valence-corrected chi connectivity index (χ4v) is 4.78. The van der Waals surface area contributed by atoms with Gasteiger partial charge in [0.05, 0.1) is 29.5 Å². The Labute approximate surface area is 146 Å². The summed E-state index contributed by atoms with van der Waals surface area (Å²) in [7, 11) is 0. The summed E-state index contributed by atoms with van der Waals surface area (Å²) < 4.78 is 5.32. The van der Waals surface area contributed by atoms with Gasteiger partial charge in [-0.2, -0.15) is 0 Å². The van der Waals surface area contributed by atoms with Crippen LogP contribution in [0.3, 0.4) is 0 Å². The van der Waals surface area contributed by atoms with Gasteiger partial charge in [-0.15, -0.1) is 0 Å². The van der Waals surface area contributed by atoms with E-state index in [-0.39, 0.29) is 17.9 Å². The highest BCUT2D eigenvalue weighted by molar-refractivity contribution is 6.00. The van der Waals surface area contributed by atoms with Crippen LogP contribution < -0.4 is 11.1 Å². The van der Waals surface area contributed by atoms with Gasteiger partial charge in [-0.05, 0) is 38.0 Å². The van der Waals surface area contributed by atoms with Crippen LogP contribution in [0.1, 0.15) is 47.8 Å². The minimum atomic E-state index is -0.506. The molecule has 1 heterocycles. The Morgan fingerprint density at radius 3 is 2.92 bits per heavy atom. The molecule has 3 N–H and O–H groups in total. The number of allylic oxidation sites excluding steroid dienone is 1. The van der Waals surface area contributed by atoms with Gasteiger partial charge in [0.2, 0.25) is 0 Å². The van der Waals surface area contributed by atoms with E-state index in [1.165, 1.54) is 0 Å². The molecule has 2 saturated carbocycles. The van der Waals surface area contributed by atoms with Gasteiger partial charge in [0.15, 0.2) is 0 Å². The van der Waals surface area contributed by atoms with Crippen molar-refractivity contribution in [2.24, 2.45) is 23.5 Å². The zero-order chi connectivity index (χ0) is 17.6. The number of nitrogens with zero attached hydrogens (tertiary/aromatic N) is 1. The molecule has 4 rings (SSSR count). The summed E-state index contributed by atoms with van der Waals surface area (Å²) in [5.74, 6) is -0.00466. The van der Waals surface area contributed by atoms with E-state index in [0.29, 0.717) is 24.0 Å². The lowest BCUT2D eigenvalue weighted by atomic mass is 9.84. The molecule has 1 amide bonds. The van der Waals surface area contributed by atoms with Crippen LogP contribution in [-0.4, -0.2) is 29.5 Å². The van der Waals surface area contributed by atoms with Crippen molar-refractivity contribution >= 4 is 23.6 Å². The van der Waals surface area contributed by atoms with Gasteiger partial charge in [-0.1, -0.05) is 12.2 Å². The first-order chi connectivity index (χ1) is 12.1. The maximum absolute atomic E-state index is 12.5. The standard InChI is InChI=1S/C19H23N3O3/c1-2-25-19(24)15-10-6-7-11(8-10)16(15)22-17-12-4-3-5-14(12)21-9-13(17)18(20)23/h3-4,9-11,15-16H,2,5-8H2,1H3,(H2,20,23)(H,21,22)/t10-,11+,15-,16+/m0/s1. The number of nitrogens with one attached hydrogen (secondary N) is 1. The van der Waals surface area contributed by atoms with E-state index in [4.69, 9.17) is 10.5 Å². The second-order valence-electron chi connectivity index (χ2n) is 7.16. The number of ether oxygens (including phenoxy) is 1. The summed E-state index contributed by atoms with van der Waals surface area (Å²) in [5, 5.41) is 3.52. The van der Waals surface area contributed by atoms with Crippen LogP contribution in [0.15, 0.2) is 12.3 Å². The molecule has 0 unspecified atom stereocenters. The van der Waals surface area contributed by atoms with Crippen LogP contribution in [0.5, 0.6) is 0 Å².